The van der Waals surface area contributed by atoms with E-state index in [1.807, 2.05) is 25.1 Å². The van der Waals surface area contributed by atoms with Crippen LogP contribution in [0.2, 0.25) is 5.02 Å². The van der Waals surface area contributed by atoms with Crippen molar-refractivity contribution in [2.75, 3.05) is 6.61 Å². The number of hydrogen-bond acceptors (Lipinski definition) is 2. The summed E-state index contributed by atoms with van der Waals surface area (Å²) < 4.78 is 0. The lowest BCUT2D eigenvalue weighted by molar-refractivity contribution is 0.276. The molecule has 1 aromatic carbocycles. The Hall–Kier alpha value is -0.570. The molecule has 0 amide bonds. The molecule has 1 rings (SSSR count). The first-order chi connectivity index (χ1) is 6.15. The van der Waals surface area contributed by atoms with Crippen LogP contribution in [-0.2, 0) is 0 Å². The molecule has 0 heterocycles. The number of benzene rings is 1. The van der Waals surface area contributed by atoms with Crippen LogP contribution < -0.4 is 5.73 Å². The minimum Gasteiger partial charge on any atom is -0.396 e. The quantitative estimate of drug-likeness (QED) is 0.783. The van der Waals surface area contributed by atoms with Gasteiger partial charge in [0.05, 0.1) is 0 Å². The van der Waals surface area contributed by atoms with Gasteiger partial charge in [-0.05, 0) is 36.6 Å². The summed E-state index contributed by atoms with van der Waals surface area (Å²) in [5.41, 5.74) is 7.98. The van der Waals surface area contributed by atoms with Crippen LogP contribution in [0.1, 0.15) is 23.6 Å². The normalized spacial score (nSPS) is 12.9. The van der Waals surface area contributed by atoms with Crippen LogP contribution in [0.4, 0.5) is 0 Å². The summed E-state index contributed by atoms with van der Waals surface area (Å²) in [5.74, 6) is 0. The Morgan fingerprint density at radius 3 is 2.77 bits per heavy atom. The monoisotopic (exact) mass is 199 g/mol. The highest BCUT2D eigenvalue weighted by molar-refractivity contribution is 6.30. The van der Waals surface area contributed by atoms with Crippen molar-refractivity contribution in [2.24, 2.45) is 5.73 Å². The van der Waals surface area contributed by atoms with Gasteiger partial charge < -0.3 is 10.8 Å². The highest BCUT2D eigenvalue weighted by Crippen LogP contribution is 2.21. The number of halogens is 1. The number of aryl methyl sites for hydroxylation is 1. The van der Waals surface area contributed by atoms with Crippen LogP contribution in [-0.4, -0.2) is 11.7 Å². The third-order valence-corrected chi connectivity index (χ3v) is 2.31. The van der Waals surface area contributed by atoms with Crippen LogP contribution in [0, 0.1) is 6.92 Å². The average Bonchev–Trinajstić information content (AvgIpc) is 2.04. The standard InChI is InChI=1S/C10H14ClNO/c1-7-6-8(11)2-3-9(7)10(12)4-5-13/h2-3,6,10,13H,4-5,12H2,1H3/t10-/m1/s1. The van der Waals surface area contributed by atoms with Crippen LogP contribution in [0.5, 0.6) is 0 Å². The highest BCUT2D eigenvalue weighted by Gasteiger charge is 2.07. The van der Waals surface area contributed by atoms with Gasteiger partial charge in [-0.15, -0.1) is 0 Å². The molecule has 0 bridgehead atoms. The summed E-state index contributed by atoms with van der Waals surface area (Å²) in [6, 6.07) is 5.52. The summed E-state index contributed by atoms with van der Waals surface area (Å²) in [6.45, 7) is 2.09. The van der Waals surface area contributed by atoms with E-state index in [0.717, 1.165) is 16.1 Å². The molecule has 0 unspecified atom stereocenters. The van der Waals surface area contributed by atoms with Crippen molar-refractivity contribution in [1.82, 2.24) is 0 Å². The first-order valence-electron chi connectivity index (χ1n) is 4.27. The van der Waals surface area contributed by atoms with Gasteiger partial charge >= 0.3 is 0 Å². The second-order valence-electron chi connectivity index (χ2n) is 3.12. The van der Waals surface area contributed by atoms with E-state index >= 15 is 0 Å². The number of nitrogens with two attached hydrogens (primary N) is 1. The molecule has 0 aliphatic heterocycles. The zero-order valence-electron chi connectivity index (χ0n) is 7.63. The Labute approximate surface area is 83.3 Å². The molecule has 0 saturated carbocycles. The fourth-order valence-corrected chi connectivity index (χ4v) is 1.58. The molecule has 0 spiro atoms. The maximum absolute atomic E-state index is 8.74. The second-order valence-corrected chi connectivity index (χ2v) is 3.56. The molecule has 0 aliphatic rings. The topological polar surface area (TPSA) is 46.2 Å². The van der Waals surface area contributed by atoms with Gasteiger partial charge in [0.15, 0.2) is 0 Å². The van der Waals surface area contributed by atoms with Gasteiger partial charge in [0.25, 0.3) is 0 Å². The van der Waals surface area contributed by atoms with Crippen molar-refractivity contribution >= 4 is 11.6 Å². The van der Waals surface area contributed by atoms with Crippen LogP contribution >= 0.6 is 11.6 Å². The lowest BCUT2D eigenvalue weighted by Gasteiger charge is -2.13. The van der Waals surface area contributed by atoms with Crippen LogP contribution in [0.3, 0.4) is 0 Å². The van der Waals surface area contributed by atoms with E-state index in [1.54, 1.807) is 0 Å². The molecule has 0 radical (unpaired) electrons. The molecular weight excluding hydrogens is 186 g/mol. The lowest BCUT2D eigenvalue weighted by Crippen LogP contribution is -2.13. The second kappa shape index (κ2) is 4.61. The predicted octanol–water partition coefficient (Wildman–Crippen LogP) is 2.03. The van der Waals surface area contributed by atoms with E-state index < -0.39 is 0 Å². The fraction of sp³-hybridized carbons (Fsp3) is 0.400. The first-order valence-corrected chi connectivity index (χ1v) is 4.65. The number of rotatable bonds is 3. The number of aliphatic hydroxyl groups is 1. The Bertz CT molecular complexity index is 288. The van der Waals surface area contributed by atoms with Crippen molar-refractivity contribution in [2.45, 2.75) is 19.4 Å². The molecule has 3 heteroatoms. The molecule has 0 saturated heterocycles. The van der Waals surface area contributed by atoms with E-state index in [-0.39, 0.29) is 12.6 Å². The summed E-state index contributed by atoms with van der Waals surface area (Å²) in [6.07, 6.45) is 0.586. The first kappa shape index (κ1) is 10.5. The van der Waals surface area contributed by atoms with E-state index in [2.05, 4.69) is 0 Å². The third kappa shape index (κ3) is 2.69. The number of aliphatic hydroxyl groups excluding tert-OH is 1. The largest absolute Gasteiger partial charge is 0.396 e. The minimum atomic E-state index is -0.0951. The molecule has 0 aliphatic carbocycles. The molecule has 72 valence electrons. The maximum Gasteiger partial charge on any atom is 0.0449 e. The summed E-state index contributed by atoms with van der Waals surface area (Å²) in [5, 5.41) is 9.46. The minimum absolute atomic E-state index is 0.0951. The zero-order valence-corrected chi connectivity index (χ0v) is 8.38. The van der Waals surface area contributed by atoms with Crippen molar-refractivity contribution in [1.29, 1.82) is 0 Å². The SMILES string of the molecule is Cc1cc(Cl)ccc1[C@H](N)CCO. The third-order valence-electron chi connectivity index (χ3n) is 2.07. The van der Waals surface area contributed by atoms with Gasteiger partial charge in [0.1, 0.15) is 0 Å². The van der Waals surface area contributed by atoms with Gasteiger partial charge in [0, 0.05) is 17.7 Å². The summed E-state index contributed by atoms with van der Waals surface area (Å²) in [4.78, 5) is 0. The smallest absolute Gasteiger partial charge is 0.0449 e. The Kier molecular flexibility index (Phi) is 3.72. The molecule has 2 nitrogen and oxygen atoms in total. The van der Waals surface area contributed by atoms with E-state index in [4.69, 9.17) is 22.4 Å². The summed E-state index contributed by atoms with van der Waals surface area (Å²) in [7, 11) is 0. The zero-order chi connectivity index (χ0) is 9.84. The van der Waals surface area contributed by atoms with E-state index in [1.165, 1.54) is 0 Å². The Balaban J connectivity index is 2.88. The molecule has 3 N–H and O–H groups in total. The molecule has 0 fully saturated rings. The van der Waals surface area contributed by atoms with Crippen LogP contribution in [0.15, 0.2) is 18.2 Å². The van der Waals surface area contributed by atoms with Crippen molar-refractivity contribution < 1.29 is 5.11 Å². The molecule has 1 aromatic rings. The maximum atomic E-state index is 8.74. The molecule has 0 aromatic heterocycles. The summed E-state index contributed by atoms with van der Waals surface area (Å²) >= 11 is 5.81. The Morgan fingerprint density at radius 1 is 1.54 bits per heavy atom. The van der Waals surface area contributed by atoms with Crippen LogP contribution in [0.25, 0.3) is 0 Å². The molecular formula is C10H14ClNO. The Morgan fingerprint density at radius 2 is 2.23 bits per heavy atom. The average molecular weight is 200 g/mol. The van der Waals surface area contributed by atoms with Gasteiger partial charge in [-0.3, -0.25) is 0 Å². The van der Waals surface area contributed by atoms with Crippen molar-refractivity contribution in [3.63, 3.8) is 0 Å². The van der Waals surface area contributed by atoms with Gasteiger partial charge in [0.2, 0.25) is 0 Å². The highest BCUT2D eigenvalue weighted by atomic mass is 35.5. The van der Waals surface area contributed by atoms with E-state index in [9.17, 15) is 0 Å². The fourth-order valence-electron chi connectivity index (χ4n) is 1.35. The lowest BCUT2D eigenvalue weighted by atomic mass is 10.00. The van der Waals surface area contributed by atoms with Gasteiger partial charge in [-0.1, -0.05) is 17.7 Å². The molecule has 13 heavy (non-hydrogen) atoms. The number of hydrogen-bond donors (Lipinski definition) is 2. The predicted molar refractivity (Wildman–Crippen MR) is 54.8 cm³/mol. The van der Waals surface area contributed by atoms with Gasteiger partial charge in [-0.25, -0.2) is 0 Å². The van der Waals surface area contributed by atoms with Gasteiger partial charge in [-0.2, -0.15) is 0 Å². The van der Waals surface area contributed by atoms with Crippen molar-refractivity contribution in [3.8, 4) is 0 Å². The molecule has 1 atom stereocenters. The van der Waals surface area contributed by atoms with E-state index in [0.29, 0.717) is 6.42 Å². The van der Waals surface area contributed by atoms with Crippen molar-refractivity contribution in [3.05, 3.63) is 34.3 Å².